The van der Waals surface area contributed by atoms with Gasteiger partial charge in [0, 0.05) is 23.3 Å². The Morgan fingerprint density at radius 1 is 1.25 bits per heavy atom. The summed E-state index contributed by atoms with van der Waals surface area (Å²) in [6.07, 6.45) is 8.30. The minimum Gasteiger partial charge on any atom is -0.497 e. The fourth-order valence-corrected chi connectivity index (χ4v) is 3.13. The van der Waals surface area contributed by atoms with Gasteiger partial charge in [0.2, 0.25) is 0 Å². The molecule has 0 fully saturated rings. The van der Waals surface area contributed by atoms with Crippen molar-refractivity contribution in [3.8, 4) is 17.0 Å². The van der Waals surface area contributed by atoms with Gasteiger partial charge in [0.1, 0.15) is 17.7 Å². The molecule has 9 heteroatoms. The van der Waals surface area contributed by atoms with E-state index < -0.39 is 0 Å². The Kier molecular flexibility index (Phi) is 5.95. The van der Waals surface area contributed by atoms with E-state index in [1.54, 1.807) is 13.4 Å². The molecule has 0 amide bonds. The van der Waals surface area contributed by atoms with Crippen LogP contribution >= 0.6 is 0 Å². The number of methoxy groups -OCH3 is 1. The van der Waals surface area contributed by atoms with Crippen molar-refractivity contribution in [2.45, 2.75) is 19.4 Å². The molecule has 3 aromatic heterocycles. The second kappa shape index (κ2) is 8.76. The van der Waals surface area contributed by atoms with Gasteiger partial charge >= 0.3 is 0 Å². The first-order valence-electron chi connectivity index (χ1n) is 8.65. The highest BCUT2D eigenvalue weighted by Crippen LogP contribution is 2.28. The van der Waals surface area contributed by atoms with Crippen LogP contribution in [-0.4, -0.2) is 37.0 Å². The summed E-state index contributed by atoms with van der Waals surface area (Å²) in [5.41, 5.74) is 3.91. The average molecular weight is 380 g/mol. The first-order chi connectivity index (χ1) is 13.7. The molecule has 144 valence electrons. The molecule has 4 rings (SSSR count). The van der Waals surface area contributed by atoms with Gasteiger partial charge in [-0.2, -0.15) is 5.10 Å². The standard InChI is InChI=1S/C19H19N5O.HNO2/c1-3-17(13-4-6-15(25-2)7-5-13)24-11-14(10-23-24)18-16-8-9-20-19(16)22-12-21-18;2-1-3/h4-12,17H,3H2,1-2H3,(H,20,21,22);(H,2,3). The van der Waals surface area contributed by atoms with E-state index in [0.29, 0.717) is 0 Å². The lowest BCUT2D eigenvalue weighted by Gasteiger charge is -2.16. The first kappa shape index (κ1) is 19.0. The molecule has 2 N–H and O–H groups in total. The molecule has 0 bridgehead atoms. The molecule has 0 saturated carbocycles. The smallest absolute Gasteiger partial charge is 0.152 e. The van der Waals surface area contributed by atoms with E-state index in [-0.39, 0.29) is 6.04 Å². The van der Waals surface area contributed by atoms with E-state index in [0.717, 1.165) is 34.5 Å². The molecule has 1 unspecified atom stereocenters. The molecule has 1 aromatic carbocycles. The summed E-state index contributed by atoms with van der Waals surface area (Å²) in [5.74, 6) is 0.857. The van der Waals surface area contributed by atoms with Crippen molar-refractivity contribution in [3.63, 3.8) is 0 Å². The zero-order valence-electron chi connectivity index (χ0n) is 15.5. The summed E-state index contributed by atoms with van der Waals surface area (Å²) in [6, 6.07) is 10.3. The quantitative estimate of drug-likeness (QED) is 0.399. The molecular formula is C19H20N6O3. The van der Waals surface area contributed by atoms with Crippen LogP contribution in [0.4, 0.5) is 0 Å². The van der Waals surface area contributed by atoms with E-state index >= 15 is 0 Å². The van der Waals surface area contributed by atoms with Crippen LogP contribution in [0.5, 0.6) is 5.75 Å². The molecule has 28 heavy (non-hydrogen) atoms. The molecule has 0 aliphatic carbocycles. The highest BCUT2D eigenvalue weighted by atomic mass is 16.6. The maximum Gasteiger partial charge on any atom is 0.152 e. The van der Waals surface area contributed by atoms with Crippen LogP contribution < -0.4 is 4.74 Å². The normalized spacial score (nSPS) is 11.5. The highest BCUT2D eigenvalue weighted by Gasteiger charge is 2.15. The van der Waals surface area contributed by atoms with E-state index in [1.165, 1.54) is 10.9 Å². The van der Waals surface area contributed by atoms with Crippen LogP contribution in [-0.2, 0) is 0 Å². The van der Waals surface area contributed by atoms with Crippen LogP contribution in [0.25, 0.3) is 22.3 Å². The van der Waals surface area contributed by atoms with E-state index in [2.05, 4.69) is 39.1 Å². The minimum atomic E-state index is 0.170. The largest absolute Gasteiger partial charge is 0.497 e. The summed E-state index contributed by atoms with van der Waals surface area (Å²) in [6.45, 7) is 2.16. The third kappa shape index (κ3) is 3.83. The van der Waals surface area contributed by atoms with Gasteiger partial charge in [-0.25, -0.2) is 9.97 Å². The number of aromatic amines is 1. The second-order valence-electron chi connectivity index (χ2n) is 5.95. The Hall–Kier alpha value is -3.75. The third-order valence-corrected chi connectivity index (χ3v) is 4.44. The maximum atomic E-state index is 8.11. The monoisotopic (exact) mass is 380 g/mol. The summed E-state index contributed by atoms with van der Waals surface area (Å²) in [5, 5.41) is 13.5. The van der Waals surface area contributed by atoms with Crippen molar-refractivity contribution in [1.82, 2.24) is 24.7 Å². The number of ether oxygens (including phenoxy) is 1. The average Bonchev–Trinajstić information content (AvgIpc) is 3.39. The number of fused-ring (bicyclic) bond motifs is 1. The first-order valence-corrected chi connectivity index (χ1v) is 8.65. The zero-order valence-corrected chi connectivity index (χ0v) is 15.5. The number of nitrogens with zero attached hydrogens (tertiary/aromatic N) is 5. The summed E-state index contributed by atoms with van der Waals surface area (Å²) < 4.78 is 7.24. The number of H-pyrrole nitrogens is 1. The molecule has 0 saturated heterocycles. The van der Waals surface area contributed by atoms with Gasteiger partial charge in [0.15, 0.2) is 5.34 Å². The van der Waals surface area contributed by atoms with Gasteiger partial charge in [-0.1, -0.05) is 19.1 Å². The summed E-state index contributed by atoms with van der Waals surface area (Å²) in [7, 11) is 1.68. The number of nitrogens with one attached hydrogen (secondary N) is 1. The number of hydrogen-bond donors (Lipinski definition) is 2. The highest BCUT2D eigenvalue weighted by molar-refractivity contribution is 5.89. The van der Waals surface area contributed by atoms with E-state index in [9.17, 15) is 0 Å². The minimum absolute atomic E-state index is 0.170. The second-order valence-corrected chi connectivity index (χ2v) is 5.95. The molecule has 1 atom stereocenters. The van der Waals surface area contributed by atoms with Crippen molar-refractivity contribution in [2.24, 2.45) is 5.34 Å². The van der Waals surface area contributed by atoms with Crippen molar-refractivity contribution in [1.29, 1.82) is 0 Å². The Labute approximate surface area is 161 Å². The molecule has 4 aromatic rings. The Morgan fingerprint density at radius 2 is 2.00 bits per heavy atom. The van der Waals surface area contributed by atoms with E-state index in [4.69, 9.17) is 14.9 Å². The lowest BCUT2D eigenvalue weighted by atomic mass is 10.0. The van der Waals surface area contributed by atoms with Gasteiger partial charge in [0.05, 0.1) is 25.0 Å². The van der Waals surface area contributed by atoms with E-state index in [1.807, 2.05) is 41.5 Å². The lowest BCUT2D eigenvalue weighted by Crippen LogP contribution is -2.10. The maximum absolute atomic E-state index is 8.11. The molecule has 0 spiro atoms. The molecule has 0 radical (unpaired) electrons. The molecule has 9 nitrogen and oxygen atoms in total. The van der Waals surface area contributed by atoms with Crippen LogP contribution in [0.3, 0.4) is 0 Å². The Balaban J connectivity index is 0.000000706. The lowest BCUT2D eigenvalue weighted by molar-refractivity contribution is 0.312. The Morgan fingerprint density at radius 3 is 2.68 bits per heavy atom. The van der Waals surface area contributed by atoms with Crippen molar-refractivity contribution < 1.29 is 9.94 Å². The summed E-state index contributed by atoms with van der Waals surface area (Å²) in [4.78, 5) is 19.9. The number of rotatable bonds is 5. The fraction of sp³-hybridized carbons (Fsp3) is 0.211. The predicted molar refractivity (Wildman–Crippen MR) is 104 cm³/mol. The number of benzene rings is 1. The molecule has 3 heterocycles. The third-order valence-electron chi connectivity index (χ3n) is 4.44. The summed E-state index contributed by atoms with van der Waals surface area (Å²) >= 11 is 0. The fourth-order valence-electron chi connectivity index (χ4n) is 3.13. The van der Waals surface area contributed by atoms with Gasteiger partial charge in [-0.3, -0.25) is 4.68 Å². The molecule has 0 aliphatic rings. The number of aromatic nitrogens is 5. The van der Waals surface area contributed by atoms with Crippen LogP contribution in [0.2, 0.25) is 0 Å². The van der Waals surface area contributed by atoms with Crippen LogP contribution in [0.1, 0.15) is 24.9 Å². The van der Waals surface area contributed by atoms with Crippen molar-refractivity contribution in [3.05, 3.63) is 65.7 Å². The van der Waals surface area contributed by atoms with Gasteiger partial charge < -0.3 is 14.9 Å². The number of hydrogen-bond acceptors (Lipinski definition) is 6. The van der Waals surface area contributed by atoms with Crippen molar-refractivity contribution in [2.75, 3.05) is 7.11 Å². The van der Waals surface area contributed by atoms with Gasteiger partial charge in [0.25, 0.3) is 0 Å². The van der Waals surface area contributed by atoms with Crippen molar-refractivity contribution >= 4 is 11.0 Å². The molecular weight excluding hydrogens is 360 g/mol. The molecule has 0 aliphatic heterocycles. The predicted octanol–water partition coefficient (Wildman–Crippen LogP) is 3.97. The van der Waals surface area contributed by atoms with Gasteiger partial charge in [-0.05, 0) is 30.2 Å². The zero-order chi connectivity index (χ0) is 19.9. The van der Waals surface area contributed by atoms with Gasteiger partial charge in [-0.15, -0.1) is 4.91 Å². The Bertz CT molecular complexity index is 1040. The topological polar surface area (TPSA) is 118 Å². The van der Waals surface area contributed by atoms with Crippen LogP contribution in [0.15, 0.2) is 60.6 Å². The van der Waals surface area contributed by atoms with Crippen LogP contribution in [0, 0.1) is 4.91 Å². The SMILES string of the molecule is CCC(c1ccc(OC)cc1)n1cc(-c2ncnc3[nH]ccc23)cn1.O=NO.